The summed E-state index contributed by atoms with van der Waals surface area (Å²) in [6, 6.07) is 4.85. The molecule has 2 heterocycles. The van der Waals surface area contributed by atoms with Crippen LogP contribution in [-0.2, 0) is 13.0 Å². The molecule has 3 rings (SSSR count). The number of rotatable bonds is 2. The van der Waals surface area contributed by atoms with Crippen LogP contribution in [0, 0.1) is 10.1 Å². The van der Waals surface area contributed by atoms with E-state index in [1.807, 2.05) is 11.5 Å². The molecule has 1 aliphatic rings. The predicted molar refractivity (Wildman–Crippen MR) is 79.5 cm³/mol. The number of fused-ring (bicyclic) bond motifs is 3. The molecule has 1 aromatic heterocycles. The minimum Gasteiger partial charge on any atom is -0.340 e. The fourth-order valence-electron chi connectivity index (χ4n) is 3.13. The second-order valence-electron chi connectivity index (χ2n) is 5.36. The first-order valence-electron chi connectivity index (χ1n) is 7.09. The van der Waals surface area contributed by atoms with Crippen LogP contribution in [0.2, 0.25) is 0 Å². The number of non-ortho nitro benzene ring substituents is 1. The van der Waals surface area contributed by atoms with Gasteiger partial charge in [-0.25, -0.2) is 0 Å². The fourth-order valence-corrected chi connectivity index (χ4v) is 3.13. The fraction of sp³-hybridized carbons (Fsp3) is 0.400. The zero-order chi connectivity index (χ0) is 15.1. The number of amides is 1. The van der Waals surface area contributed by atoms with Gasteiger partial charge in [0.25, 0.3) is 11.6 Å². The SMILES string of the molecule is CCn1c2c(c3cc([N+](=O)[O-])ccc31)CCCN(C)C2=O. The number of nitro benzene ring substituents is 1. The molecule has 21 heavy (non-hydrogen) atoms. The van der Waals surface area contributed by atoms with Crippen LogP contribution in [0.5, 0.6) is 0 Å². The highest BCUT2D eigenvalue weighted by molar-refractivity contribution is 6.02. The Morgan fingerprint density at radius 2 is 2.14 bits per heavy atom. The third kappa shape index (κ3) is 1.98. The number of nitrogens with zero attached hydrogens (tertiary/aromatic N) is 3. The highest BCUT2D eigenvalue weighted by Gasteiger charge is 2.27. The van der Waals surface area contributed by atoms with Crippen LogP contribution >= 0.6 is 0 Å². The Hall–Kier alpha value is -2.37. The van der Waals surface area contributed by atoms with E-state index in [1.165, 1.54) is 6.07 Å². The summed E-state index contributed by atoms with van der Waals surface area (Å²) < 4.78 is 1.97. The van der Waals surface area contributed by atoms with E-state index in [0.29, 0.717) is 18.8 Å². The normalized spacial score (nSPS) is 15.1. The van der Waals surface area contributed by atoms with E-state index in [1.54, 1.807) is 24.1 Å². The van der Waals surface area contributed by atoms with Crippen LogP contribution < -0.4 is 0 Å². The van der Waals surface area contributed by atoms with Gasteiger partial charge in [-0.1, -0.05) is 0 Å². The van der Waals surface area contributed by atoms with Crippen molar-refractivity contribution in [2.45, 2.75) is 26.3 Å². The maximum atomic E-state index is 12.6. The van der Waals surface area contributed by atoms with Crippen molar-refractivity contribution in [2.75, 3.05) is 13.6 Å². The molecule has 0 fully saturated rings. The lowest BCUT2D eigenvalue weighted by Crippen LogP contribution is -2.28. The molecule has 0 atom stereocenters. The van der Waals surface area contributed by atoms with Gasteiger partial charge in [-0.3, -0.25) is 14.9 Å². The van der Waals surface area contributed by atoms with Crippen LogP contribution in [0.25, 0.3) is 10.9 Å². The van der Waals surface area contributed by atoms with Crippen LogP contribution in [0.3, 0.4) is 0 Å². The van der Waals surface area contributed by atoms with Gasteiger partial charge < -0.3 is 9.47 Å². The number of carbonyl (C=O) groups is 1. The van der Waals surface area contributed by atoms with Crippen molar-refractivity contribution < 1.29 is 9.72 Å². The van der Waals surface area contributed by atoms with Gasteiger partial charge in [-0.05, 0) is 31.4 Å². The van der Waals surface area contributed by atoms with Crippen molar-refractivity contribution in [3.05, 3.63) is 39.6 Å². The van der Waals surface area contributed by atoms with Crippen molar-refractivity contribution in [3.63, 3.8) is 0 Å². The summed E-state index contributed by atoms with van der Waals surface area (Å²) in [4.78, 5) is 24.9. The molecule has 6 heteroatoms. The Morgan fingerprint density at radius 3 is 2.81 bits per heavy atom. The summed E-state index contributed by atoms with van der Waals surface area (Å²) in [7, 11) is 1.80. The molecule has 0 saturated heterocycles. The van der Waals surface area contributed by atoms with Gasteiger partial charge in [0.05, 0.1) is 4.92 Å². The Labute approximate surface area is 122 Å². The van der Waals surface area contributed by atoms with E-state index in [9.17, 15) is 14.9 Å². The summed E-state index contributed by atoms with van der Waals surface area (Å²) in [6.07, 6.45) is 1.65. The lowest BCUT2D eigenvalue weighted by Gasteiger charge is -2.15. The summed E-state index contributed by atoms with van der Waals surface area (Å²) in [6.45, 7) is 3.37. The van der Waals surface area contributed by atoms with E-state index >= 15 is 0 Å². The van der Waals surface area contributed by atoms with Gasteiger partial charge in [-0.2, -0.15) is 0 Å². The standard InChI is InChI=1S/C15H17N3O3/c1-3-17-13-7-6-10(18(20)21)9-12(13)11-5-4-8-16(2)15(19)14(11)17/h6-7,9H,3-5,8H2,1-2H3. The number of carbonyl (C=O) groups excluding carboxylic acids is 1. The summed E-state index contributed by atoms with van der Waals surface area (Å²) in [5.41, 5.74) is 2.61. The zero-order valence-electron chi connectivity index (χ0n) is 12.1. The number of hydrogen-bond acceptors (Lipinski definition) is 3. The number of hydrogen-bond donors (Lipinski definition) is 0. The average Bonchev–Trinajstić information content (AvgIpc) is 2.71. The molecule has 0 aliphatic carbocycles. The van der Waals surface area contributed by atoms with Gasteiger partial charge in [0.2, 0.25) is 0 Å². The lowest BCUT2D eigenvalue weighted by molar-refractivity contribution is -0.384. The van der Waals surface area contributed by atoms with Crippen molar-refractivity contribution in [1.82, 2.24) is 9.47 Å². The first kappa shape index (κ1) is 13.6. The van der Waals surface area contributed by atoms with Gasteiger partial charge in [-0.15, -0.1) is 0 Å². The summed E-state index contributed by atoms with van der Waals surface area (Å²) in [5, 5.41) is 11.8. The molecule has 6 nitrogen and oxygen atoms in total. The summed E-state index contributed by atoms with van der Waals surface area (Å²) >= 11 is 0. The topological polar surface area (TPSA) is 68.4 Å². The first-order valence-corrected chi connectivity index (χ1v) is 7.09. The molecule has 0 spiro atoms. The molecular weight excluding hydrogens is 270 g/mol. The Bertz CT molecular complexity index is 748. The molecule has 1 aromatic carbocycles. The van der Waals surface area contributed by atoms with Gasteiger partial charge >= 0.3 is 0 Å². The molecule has 1 amide bonds. The molecule has 110 valence electrons. The Morgan fingerprint density at radius 1 is 1.38 bits per heavy atom. The molecule has 1 aliphatic heterocycles. The number of nitro groups is 1. The first-order chi connectivity index (χ1) is 10.0. The zero-order valence-corrected chi connectivity index (χ0v) is 12.1. The summed E-state index contributed by atoms with van der Waals surface area (Å²) in [5.74, 6) is 0.00297. The van der Waals surface area contributed by atoms with Gasteiger partial charge in [0, 0.05) is 43.2 Å². The molecule has 2 aromatic rings. The second kappa shape index (κ2) is 4.87. The molecule has 0 N–H and O–H groups in total. The van der Waals surface area contributed by atoms with E-state index in [2.05, 4.69) is 0 Å². The number of aromatic nitrogens is 1. The highest BCUT2D eigenvalue weighted by Crippen LogP contribution is 2.32. The third-order valence-electron chi connectivity index (χ3n) is 4.15. The number of aryl methyl sites for hydroxylation is 2. The smallest absolute Gasteiger partial charge is 0.270 e. The maximum Gasteiger partial charge on any atom is 0.270 e. The number of benzene rings is 1. The predicted octanol–water partition coefficient (Wildman–Crippen LogP) is 2.59. The van der Waals surface area contributed by atoms with E-state index in [0.717, 1.165) is 29.3 Å². The van der Waals surface area contributed by atoms with E-state index < -0.39 is 0 Å². The molecule has 0 unspecified atom stereocenters. The largest absolute Gasteiger partial charge is 0.340 e. The molecular formula is C15H17N3O3. The highest BCUT2D eigenvalue weighted by atomic mass is 16.6. The third-order valence-corrected chi connectivity index (χ3v) is 4.15. The van der Waals surface area contributed by atoms with E-state index in [-0.39, 0.29) is 16.5 Å². The van der Waals surface area contributed by atoms with Crippen LogP contribution in [0.1, 0.15) is 29.4 Å². The quantitative estimate of drug-likeness (QED) is 0.629. The van der Waals surface area contributed by atoms with Crippen molar-refractivity contribution in [3.8, 4) is 0 Å². The van der Waals surface area contributed by atoms with Crippen molar-refractivity contribution in [2.24, 2.45) is 0 Å². The minimum absolute atomic E-state index is 0.00297. The Kier molecular flexibility index (Phi) is 3.16. The van der Waals surface area contributed by atoms with Gasteiger partial charge in [0.1, 0.15) is 5.69 Å². The van der Waals surface area contributed by atoms with Crippen LogP contribution in [0.15, 0.2) is 18.2 Å². The monoisotopic (exact) mass is 287 g/mol. The minimum atomic E-state index is -0.389. The lowest BCUT2D eigenvalue weighted by atomic mass is 10.1. The molecule has 0 radical (unpaired) electrons. The van der Waals surface area contributed by atoms with E-state index in [4.69, 9.17) is 0 Å². The van der Waals surface area contributed by atoms with Crippen molar-refractivity contribution >= 4 is 22.5 Å². The van der Waals surface area contributed by atoms with Gasteiger partial charge in [0.15, 0.2) is 0 Å². The second-order valence-corrected chi connectivity index (χ2v) is 5.36. The maximum absolute atomic E-state index is 12.6. The van der Waals surface area contributed by atoms with Crippen LogP contribution in [0.4, 0.5) is 5.69 Å². The average molecular weight is 287 g/mol. The van der Waals surface area contributed by atoms with Crippen LogP contribution in [-0.4, -0.2) is 33.9 Å². The molecule has 0 bridgehead atoms. The Balaban J connectivity index is 2.34. The molecule has 0 saturated carbocycles. The van der Waals surface area contributed by atoms with Crippen molar-refractivity contribution in [1.29, 1.82) is 0 Å².